The maximum Gasteiger partial charge on any atom is 0.259 e. The minimum atomic E-state index is 0.665. The first-order valence-corrected chi connectivity index (χ1v) is 5.40. The van der Waals surface area contributed by atoms with Crippen molar-refractivity contribution < 1.29 is 4.57 Å². The van der Waals surface area contributed by atoms with Crippen LogP contribution >= 0.6 is 0 Å². The highest BCUT2D eigenvalue weighted by Gasteiger charge is 2.13. The summed E-state index contributed by atoms with van der Waals surface area (Å²) in [5, 5.41) is 0. The molecule has 78 valence electrons. The van der Waals surface area contributed by atoms with Gasteiger partial charge in [-0.2, -0.15) is 4.57 Å². The molecule has 0 unspecified atom stereocenters. The zero-order valence-corrected chi connectivity index (χ0v) is 9.27. The first-order chi connectivity index (χ1) is 7.27. The number of hydrogen-bond donors (Lipinski definition) is 1. The van der Waals surface area contributed by atoms with E-state index in [0.29, 0.717) is 5.92 Å². The Morgan fingerprint density at radius 2 is 1.93 bits per heavy atom. The van der Waals surface area contributed by atoms with Crippen molar-refractivity contribution in [2.75, 3.05) is 0 Å². The molecule has 0 spiro atoms. The van der Waals surface area contributed by atoms with Crippen molar-refractivity contribution in [1.29, 1.82) is 0 Å². The van der Waals surface area contributed by atoms with Crippen molar-refractivity contribution in [2.24, 2.45) is 5.92 Å². The second-order valence-electron chi connectivity index (χ2n) is 4.21. The molecule has 2 nitrogen and oxygen atoms in total. The fraction of sp³-hybridized carbons (Fsp3) is 0.308. The van der Waals surface area contributed by atoms with Gasteiger partial charge >= 0.3 is 0 Å². The molecule has 0 saturated heterocycles. The molecule has 0 aliphatic rings. The number of aromatic nitrogens is 2. The van der Waals surface area contributed by atoms with E-state index in [0.717, 1.165) is 6.42 Å². The summed E-state index contributed by atoms with van der Waals surface area (Å²) in [6, 6.07) is 10.4. The van der Waals surface area contributed by atoms with Gasteiger partial charge in [0.2, 0.25) is 0 Å². The number of benzene rings is 1. The Morgan fingerprint density at radius 3 is 2.60 bits per heavy atom. The molecule has 0 atom stereocenters. The number of nitrogens with zero attached hydrogens (tertiary/aromatic N) is 1. The summed E-state index contributed by atoms with van der Waals surface area (Å²) in [5.74, 6) is 1.93. The van der Waals surface area contributed by atoms with E-state index >= 15 is 0 Å². The Morgan fingerprint density at radius 1 is 1.20 bits per heavy atom. The average Bonchev–Trinajstić information content (AvgIpc) is 2.66. The van der Waals surface area contributed by atoms with Gasteiger partial charge in [-0.1, -0.05) is 32.0 Å². The van der Waals surface area contributed by atoms with Gasteiger partial charge in [0.05, 0.1) is 6.42 Å². The predicted octanol–water partition coefficient (Wildman–Crippen LogP) is 2.49. The first kappa shape index (κ1) is 9.97. The van der Waals surface area contributed by atoms with Gasteiger partial charge in [-0.3, -0.25) is 0 Å². The molecule has 0 aliphatic heterocycles. The van der Waals surface area contributed by atoms with Gasteiger partial charge in [0.25, 0.3) is 5.82 Å². The van der Waals surface area contributed by atoms with Crippen LogP contribution in [-0.2, 0) is 6.42 Å². The van der Waals surface area contributed by atoms with Gasteiger partial charge in [0.1, 0.15) is 18.1 Å². The molecule has 2 rings (SSSR count). The number of aromatic amines is 1. The highest BCUT2D eigenvalue weighted by molar-refractivity contribution is 5.21. The molecule has 2 aromatic rings. The van der Waals surface area contributed by atoms with Crippen molar-refractivity contribution in [2.45, 2.75) is 20.3 Å². The lowest BCUT2D eigenvalue weighted by Crippen LogP contribution is -2.33. The van der Waals surface area contributed by atoms with Crippen LogP contribution in [0.25, 0.3) is 5.69 Å². The molecule has 1 N–H and O–H groups in total. The summed E-state index contributed by atoms with van der Waals surface area (Å²) < 4.78 is 2.21. The summed E-state index contributed by atoms with van der Waals surface area (Å²) in [6.07, 6.45) is 5.14. The first-order valence-electron chi connectivity index (χ1n) is 5.40. The van der Waals surface area contributed by atoms with Gasteiger partial charge in [-0.15, -0.1) is 0 Å². The zero-order valence-electron chi connectivity index (χ0n) is 9.27. The van der Waals surface area contributed by atoms with E-state index in [-0.39, 0.29) is 0 Å². The fourth-order valence-electron chi connectivity index (χ4n) is 1.74. The molecule has 15 heavy (non-hydrogen) atoms. The maximum atomic E-state index is 3.30. The highest BCUT2D eigenvalue weighted by atomic mass is 15.1. The minimum Gasteiger partial charge on any atom is -0.247 e. The van der Waals surface area contributed by atoms with Crippen molar-refractivity contribution in [1.82, 2.24) is 4.98 Å². The molecular formula is C13H17N2+. The Bertz CT molecular complexity index is 415. The molecule has 1 aromatic carbocycles. The lowest BCUT2D eigenvalue weighted by atomic mass is 10.1. The van der Waals surface area contributed by atoms with E-state index in [1.807, 2.05) is 12.3 Å². The topological polar surface area (TPSA) is 19.7 Å². The lowest BCUT2D eigenvalue weighted by Gasteiger charge is -2.02. The summed E-state index contributed by atoms with van der Waals surface area (Å²) in [7, 11) is 0. The van der Waals surface area contributed by atoms with Gasteiger partial charge in [-0.05, 0) is 18.1 Å². The third-order valence-corrected chi connectivity index (χ3v) is 2.40. The molecule has 0 fully saturated rings. The van der Waals surface area contributed by atoms with Crippen molar-refractivity contribution >= 4 is 0 Å². The smallest absolute Gasteiger partial charge is 0.247 e. The van der Waals surface area contributed by atoms with Crippen LogP contribution in [0.1, 0.15) is 19.7 Å². The molecule has 1 heterocycles. The zero-order chi connectivity index (χ0) is 10.7. The van der Waals surface area contributed by atoms with Crippen molar-refractivity contribution in [3.8, 4) is 5.69 Å². The third kappa shape index (κ3) is 2.27. The van der Waals surface area contributed by atoms with E-state index in [1.54, 1.807) is 0 Å². The SMILES string of the molecule is CC(C)Cc1[nH]cc[n+]1-c1ccccc1. The fourth-order valence-corrected chi connectivity index (χ4v) is 1.74. The molecule has 0 aliphatic carbocycles. The summed E-state index contributed by atoms with van der Waals surface area (Å²) >= 11 is 0. The van der Waals surface area contributed by atoms with E-state index in [4.69, 9.17) is 0 Å². The van der Waals surface area contributed by atoms with Crippen LogP contribution in [0, 0.1) is 5.92 Å². The van der Waals surface area contributed by atoms with Crippen LogP contribution in [-0.4, -0.2) is 4.98 Å². The molecule has 2 heteroatoms. The van der Waals surface area contributed by atoms with Crippen LogP contribution in [0.3, 0.4) is 0 Å². The largest absolute Gasteiger partial charge is 0.259 e. The van der Waals surface area contributed by atoms with E-state index in [1.165, 1.54) is 11.5 Å². The van der Waals surface area contributed by atoms with E-state index < -0.39 is 0 Å². The van der Waals surface area contributed by atoms with Gasteiger partial charge in [0, 0.05) is 0 Å². The second kappa shape index (κ2) is 4.30. The molecule has 0 bridgehead atoms. The number of nitrogens with one attached hydrogen (secondary N) is 1. The van der Waals surface area contributed by atoms with Crippen molar-refractivity contribution in [3.63, 3.8) is 0 Å². The normalized spacial score (nSPS) is 10.9. The number of rotatable bonds is 3. The number of para-hydroxylation sites is 1. The van der Waals surface area contributed by atoms with Gasteiger partial charge in [0.15, 0.2) is 0 Å². The van der Waals surface area contributed by atoms with Crippen LogP contribution in [0.5, 0.6) is 0 Å². The third-order valence-electron chi connectivity index (χ3n) is 2.40. The maximum absolute atomic E-state index is 3.30. The molecule has 0 saturated carbocycles. The highest BCUT2D eigenvalue weighted by Crippen LogP contribution is 2.04. The van der Waals surface area contributed by atoms with Crippen LogP contribution in [0.15, 0.2) is 42.7 Å². The quantitative estimate of drug-likeness (QED) is 0.736. The molecule has 0 radical (unpaired) electrons. The van der Waals surface area contributed by atoms with Crippen molar-refractivity contribution in [3.05, 3.63) is 48.5 Å². The van der Waals surface area contributed by atoms with Crippen LogP contribution in [0.4, 0.5) is 0 Å². The second-order valence-corrected chi connectivity index (χ2v) is 4.21. The molecule has 0 amide bonds. The average molecular weight is 201 g/mol. The monoisotopic (exact) mass is 201 g/mol. The minimum absolute atomic E-state index is 0.665. The van der Waals surface area contributed by atoms with E-state index in [2.05, 4.69) is 53.9 Å². The standard InChI is InChI=1S/C13H16N2/c1-11(2)10-13-14-8-9-15(13)12-6-4-3-5-7-12/h3-9,11H,10H2,1-2H3/p+1. The molecular weight excluding hydrogens is 184 g/mol. The van der Waals surface area contributed by atoms with Crippen LogP contribution in [0.2, 0.25) is 0 Å². The number of imidazole rings is 1. The Kier molecular flexibility index (Phi) is 2.86. The Labute approximate surface area is 90.6 Å². The lowest BCUT2D eigenvalue weighted by molar-refractivity contribution is -0.603. The predicted molar refractivity (Wildman–Crippen MR) is 60.9 cm³/mol. The number of hydrogen-bond acceptors (Lipinski definition) is 0. The summed E-state index contributed by atoms with van der Waals surface area (Å²) in [6.45, 7) is 4.46. The summed E-state index contributed by atoms with van der Waals surface area (Å²) in [4.78, 5) is 3.30. The summed E-state index contributed by atoms with van der Waals surface area (Å²) in [5.41, 5.74) is 1.22. The van der Waals surface area contributed by atoms with Crippen LogP contribution < -0.4 is 4.57 Å². The number of H-pyrrole nitrogens is 1. The Hall–Kier alpha value is -1.57. The molecule has 1 aromatic heterocycles. The Balaban J connectivity index is 2.33. The van der Waals surface area contributed by atoms with Gasteiger partial charge in [-0.25, -0.2) is 4.98 Å². The van der Waals surface area contributed by atoms with Gasteiger partial charge < -0.3 is 0 Å². The van der Waals surface area contributed by atoms with E-state index in [9.17, 15) is 0 Å².